The van der Waals surface area contributed by atoms with Crippen molar-refractivity contribution in [2.75, 3.05) is 7.11 Å². The first-order chi connectivity index (χ1) is 9.20. The van der Waals surface area contributed by atoms with E-state index in [4.69, 9.17) is 4.74 Å². The van der Waals surface area contributed by atoms with Crippen molar-refractivity contribution in [3.05, 3.63) is 45.1 Å². The van der Waals surface area contributed by atoms with Crippen molar-refractivity contribution in [1.29, 1.82) is 0 Å². The van der Waals surface area contributed by atoms with Crippen molar-refractivity contribution in [2.45, 2.75) is 0 Å². The number of ether oxygens (including phenoxy) is 1. The second-order valence-electron chi connectivity index (χ2n) is 4.00. The number of nitrogens with one attached hydrogen (secondary N) is 3. The lowest BCUT2D eigenvalue weighted by Gasteiger charge is -2.11. The smallest absolute Gasteiger partial charge is 0.330 e. The summed E-state index contributed by atoms with van der Waals surface area (Å²) in [5, 5.41) is 0. The molecule has 3 N–H and O–H groups in total. The maximum Gasteiger partial charge on any atom is 0.330 e. The summed E-state index contributed by atoms with van der Waals surface area (Å²) in [7, 11) is 1.56. The van der Waals surface area contributed by atoms with Crippen molar-refractivity contribution in [1.82, 2.24) is 9.97 Å². The fraction of sp³-hybridized carbons (Fsp3) is 0.0833. The first-order valence-corrected chi connectivity index (χ1v) is 5.62. The van der Waals surface area contributed by atoms with E-state index in [-0.39, 0.29) is 5.69 Å². The third kappa shape index (κ3) is 1.76. The van der Waals surface area contributed by atoms with Crippen molar-refractivity contribution < 1.29 is 9.64 Å². The molecule has 1 aromatic carbocycles. The number of nitrogens with zero attached hydrogens (tertiary/aromatic N) is 1. The number of aromatic amines is 2. The van der Waals surface area contributed by atoms with E-state index in [0.29, 0.717) is 16.5 Å². The van der Waals surface area contributed by atoms with Gasteiger partial charge in [0.25, 0.3) is 11.4 Å². The molecule has 0 radical (unpaired) electrons. The Morgan fingerprint density at radius 1 is 1.21 bits per heavy atom. The Balaban J connectivity index is 2.20. The van der Waals surface area contributed by atoms with Gasteiger partial charge in [-0.1, -0.05) is 12.1 Å². The normalized spacial score (nSPS) is 16.4. The standard InChI is InChI=1S/C12H10N4O3/c1-19-8-5-3-2-4-7(8)16-6-13-9-10(16)14-12(18)15-11(9)17/h2-6H,1H3,(H2,14,15,17,18)/p+1. The molecular formula is C12H11N4O3+. The fourth-order valence-corrected chi connectivity index (χ4v) is 2.06. The zero-order chi connectivity index (χ0) is 13.4. The molecule has 2 heterocycles. The first-order valence-electron chi connectivity index (χ1n) is 5.62. The second kappa shape index (κ2) is 4.21. The number of para-hydroxylation sites is 2. The molecule has 19 heavy (non-hydrogen) atoms. The SMILES string of the molecule is COc1ccccc1[NH+]1C=Nc2c1[nH]c(=O)[nH]c2=O. The summed E-state index contributed by atoms with van der Waals surface area (Å²) in [5.41, 5.74) is -0.0733. The molecule has 0 amide bonds. The van der Waals surface area contributed by atoms with Crippen LogP contribution >= 0.6 is 0 Å². The molecule has 0 fully saturated rings. The van der Waals surface area contributed by atoms with E-state index in [1.165, 1.54) is 0 Å². The number of rotatable bonds is 2. The van der Waals surface area contributed by atoms with Crippen LogP contribution in [0.25, 0.3) is 0 Å². The Labute approximate surface area is 107 Å². The van der Waals surface area contributed by atoms with Gasteiger partial charge < -0.3 is 4.74 Å². The monoisotopic (exact) mass is 259 g/mol. The van der Waals surface area contributed by atoms with Gasteiger partial charge in [-0.3, -0.25) is 14.8 Å². The molecule has 0 bridgehead atoms. The van der Waals surface area contributed by atoms with Gasteiger partial charge in [0.15, 0.2) is 11.4 Å². The average molecular weight is 259 g/mol. The molecule has 2 aromatic rings. The molecule has 0 aliphatic carbocycles. The minimum Gasteiger partial charge on any atom is -0.491 e. The number of H-pyrrole nitrogens is 2. The lowest BCUT2D eigenvalue weighted by molar-refractivity contribution is -0.641. The minimum atomic E-state index is -0.554. The summed E-state index contributed by atoms with van der Waals surface area (Å²) in [6, 6.07) is 7.34. The van der Waals surface area contributed by atoms with Crippen LogP contribution in [0.3, 0.4) is 0 Å². The molecule has 1 aliphatic heterocycles. The van der Waals surface area contributed by atoms with Gasteiger partial charge in [-0.2, -0.15) is 4.99 Å². The van der Waals surface area contributed by atoms with Gasteiger partial charge in [-0.25, -0.2) is 9.69 Å². The van der Waals surface area contributed by atoms with E-state index in [1.54, 1.807) is 19.5 Å². The lowest BCUT2D eigenvalue weighted by Crippen LogP contribution is -3.00. The molecule has 1 aliphatic rings. The van der Waals surface area contributed by atoms with Crippen LogP contribution in [-0.4, -0.2) is 23.4 Å². The summed E-state index contributed by atoms with van der Waals surface area (Å²) >= 11 is 0. The zero-order valence-corrected chi connectivity index (χ0v) is 10.1. The maximum absolute atomic E-state index is 11.6. The Bertz CT molecular complexity index is 775. The van der Waals surface area contributed by atoms with Crippen LogP contribution in [0.2, 0.25) is 0 Å². The van der Waals surface area contributed by atoms with Gasteiger partial charge in [0, 0.05) is 6.07 Å². The molecule has 1 unspecified atom stereocenters. The summed E-state index contributed by atoms with van der Waals surface area (Å²) in [6.07, 6.45) is 1.55. The predicted octanol–water partition coefficient (Wildman–Crippen LogP) is -0.407. The van der Waals surface area contributed by atoms with Crippen LogP contribution in [0.5, 0.6) is 5.75 Å². The topological polar surface area (TPSA) is 91.8 Å². The Morgan fingerprint density at radius 3 is 2.79 bits per heavy atom. The quantitative estimate of drug-likeness (QED) is 0.685. The molecule has 3 rings (SSSR count). The second-order valence-corrected chi connectivity index (χ2v) is 4.00. The third-order valence-electron chi connectivity index (χ3n) is 2.91. The zero-order valence-electron chi connectivity index (χ0n) is 10.1. The van der Waals surface area contributed by atoms with Gasteiger partial charge in [0.05, 0.1) is 7.11 Å². The summed E-state index contributed by atoms with van der Waals surface area (Å²) in [5.74, 6) is 1.07. The van der Waals surface area contributed by atoms with Crippen LogP contribution in [0.1, 0.15) is 0 Å². The number of methoxy groups -OCH3 is 1. The van der Waals surface area contributed by atoms with Gasteiger partial charge >= 0.3 is 5.69 Å². The van der Waals surface area contributed by atoms with Crippen LogP contribution in [0.4, 0.5) is 17.2 Å². The molecule has 0 saturated carbocycles. The van der Waals surface area contributed by atoms with E-state index in [2.05, 4.69) is 15.0 Å². The fourth-order valence-electron chi connectivity index (χ4n) is 2.06. The van der Waals surface area contributed by atoms with Gasteiger partial charge in [0.1, 0.15) is 0 Å². The average Bonchev–Trinajstić information content (AvgIpc) is 2.82. The van der Waals surface area contributed by atoms with Crippen molar-refractivity contribution in [3.63, 3.8) is 0 Å². The van der Waals surface area contributed by atoms with Crippen molar-refractivity contribution in [2.24, 2.45) is 4.99 Å². The summed E-state index contributed by atoms with van der Waals surface area (Å²) in [6.45, 7) is 0. The summed E-state index contributed by atoms with van der Waals surface area (Å²) in [4.78, 5) is 32.4. The highest BCUT2D eigenvalue weighted by Crippen LogP contribution is 2.24. The highest BCUT2D eigenvalue weighted by atomic mass is 16.5. The number of hydrogen-bond acceptors (Lipinski definition) is 4. The number of benzene rings is 1. The molecule has 0 spiro atoms. The van der Waals surface area contributed by atoms with E-state index in [9.17, 15) is 9.59 Å². The Kier molecular flexibility index (Phi) is 2.53. The van der Waals surface area contributed by atoms with Crippen LogP contribution in [0, 0.1) is 0 Å². The molecule has 0 saturated heterocycles. The molecular weight excluding hydrogens is 248 g/mol. The number of quaternary nitrogens is 1. The third-order valence-corrected chi connectivity index (χ3v) is 2.91. The van der Waals surface area contributed by atoms with Crippen LogP contribution < -0.4 is 20.9 Å². The maximum atomic E-state index is 11.6. The number of aromatic nitrogens is 2. The highest BCUT2D eigenvalue weighted by Gasteiger charge is 2.29. The summed E-state index contributed by atoms with van der Waals surface area (Å²) < 4.78 is 5.27. The van der Waals surface area contributed by atoms with Crippen molar-refractivity contribution in [3.8, 4) is 5.75 Å². The molecule has 96 valence electrons. The predicted molar refractivity (Wildman–Crippen MR) is 69.1 cm³/mol. The van der Waals surface area contributed by atoms with E-state index >= 15 is 0 Å². The number of aliphatic imine (C=N–C) groups is 1. The lowest BCUT2D eigenvalue weighted by atomic mass is 10.2. The molecule has 7 nitrogen and oxygen atoms in total. The molecule has 1 aromatic heterocycles. The van der Waals surface area contributed by atoms with E-state index in [1.807, 2.05) is 18.2 Å². The molecule has 1 atom stereocenters. The van der Waals surface area contributed by atoms with Gasteiger partial charge in [-0.15, -0.1) is 0 Å². The van der Waals surface area contributed by atoms with Gasteiger partial charge in [0.2, 0.25) is 12.0 Å². The largest absolute Gasteiger partial charge is 0.491 e. The van der Waals surface area contributed by atoms with Gasteiger partial charge in [-0.05, 0) is 6.07 Å². The first kappa shape index (κ1) is 11.4. The van der Waals surface area contributed by atoms with E-state index in [0.717, 1.165) is 5.69 Å². The van der Waals surface area contributed by atoms with E-state index < -0.39 is 11.2 Å². The molecule has 7 heteroatoms. The van der Waals surface area contributed by atoms with Crippen LogP contribution in [-0.2, 0) is 0 Å². The number of fused-ring (bicyclic) bond motifs is 1. The Morgan fingerprint density at radius 2 is 2.00 bits per heavy atom. The highest BCUT2D eigenvalue weighted by molar-refractivity contribution is 5.72. The van der Waals surface area contributed by atoms with Crippen LogP contribution in [0.15, 0.2) is 38.8 Å². The van der Waals surface area contributed by atoms with Crippen molar-refractivity contribution >= 4 is 23.5 Å². The Hall–Kier alpha value is -2.67. The minimum absolute atomic E-state index is 0.209. The number of hydrogen-bond donors (Lipinski definition) is 3.